The van der Waals surface area contributed by atoms with Gasteiger partial charge in [-0.15, -0.1) is 0 Å². The Kier molecular flexibility index (Phi) is 9.15. The van der Waals surface area contributed by atoms with Gasteiger partial charge in [0.05, 0.1) is 5.92 Å². The maximum absolute atomic E-state index is 13.3. The van der Waals surface area contributed by atoms with Crippen molar-refractivity contribution < 1.29 is 9.59 Å². The fourth-order valence-electron chi connectivity index (χ4n) is 5.94. The molecule has 1 saturated heterocycles. The standard InChI is InChI=1S/C36H39N3O2/c1-2-21-38-36(41)35(27-9-4-3-5-10-27)28-19-22-39(23-20-28)31-17-15-26(16-18-31)24-34(40)33-14-7-6-13-32(33)29-11-8-12-30(37)25-29/h3-18,25,28,35H,2,19-24,37H2,1H3,(H,38,41). The molecule has 1 heterocycles. The predicted molar refractivity (Wildman–Crippen MR) is 168 cm³/mol. The maximum Gasteiger partial charge on any atom is 0.227 e. The van der Waals surface area contributed by atoms with Crippen LogP contribution in [0.2, 0.25) is 0 Å². The van der Waals surface area contributed by atoms with Crippen molar-refractivity contribution in [1.82, 2.24) is 5.32 Å². The summed E-state index contributed by atoms with van der Waals surface area (Å²) >= 11 is 0. The molecule has 41 heavy (non-hydrogen) atoms. The van der Waals surface area contributed by atoms with E-state index in [4.69, 9.17) is 5.73 Å². The lowest BCUT2D eigenvalue weighted by atomic mass is 9.79. The number of nitrogens with two attached hydrogens (primary N) is 1. The number of amides is 1. The summed E-state index contributed by atoms with van der Waals surface area (Å²) in [4.78, 5) is 28.9. The molecular formula is C36H39N3O2. The minimum absolute atomic E-state index is 0.0879. The second kappa shape index (κ2) is 13.3. The molecule has 1 amide bonds. The Hall–Kier alpha value is -4.38. The molecule has 5 heteroatoms. The second-order valence-electron chi connectivity index (χ2n) is 10.9. The van der Waals surface area contributed by atoms with Gasteiger partial charge in [0.1, 0.15) is 0 Å². The predicted octanol–water partition coefficient (Wildman–Crippen LogP) is 6.89. The van der Waals surface area contributed by atoms with Crippen molar-refractivity contribution in [2.75, 3.05) is 30.3 Å². The van der Waals surface area contributed by atoms with Gasteiger partial charge in [-0.2, -0.15) is 0 Å². The molecule has 0 saturated carbocycles. The SMILES string of the molecule is CCCNC(=O)C(c1ccccc1)C1CCN(c2ccc(CC(=O)c3ccccc3-c3cccc(N)c3)cc2)CC1. The first-order valence-electron chi connectivity index (χ1n) is 14.7. The molecule has 0 aliphatic carbocycles. The monoisotopic (exact) mass is 545 g/mol. The number of carbonyl (C=O) groups is 2. The van der Waals surface area contributed by atoms with Crippen LogP contribution in [-0.4, -0.2) is 31.3 Å². The number of hydrogen-bond donors (Lipinski definition) is 2. The summed E-state index contributed by atoms with van der Waals surface area (Å²) in [5.74, 6) is 0.420. The van der Waals surface area contributed by atoms with E-state index in [0.717, 1.165) is 60.3 Å². The third kappa shape index (κ3) is 6.86. The van der Waals surface area contributed by atoms with E-state index < -0.39 is 0 Å². The normalized spacial score (nSPS) is 14.4. The number of anilines is 2. The van der Waals surface area contributed by atoms with Crippen molar-refractivity contribution in [3.63, 3.8) is 0 Å². The molecule has 1 fully saturated rings. The molecule has 0 bridgehead atoms. The van der Waals surface area contributed by atoms with Crippen molar-refractivity contribution in [2.45, 2.75) is 38.5 Å². The Balaban J connectivity index is 1.23. The first-order chi connectivity index (χ1) is 20.0. The Morgan fingerprint density at radius 3 is 2.29 bits per heavy atom. The number of nitrogens with one attached hydrogen (secondary N) is 1. The molecule has 0 spiro atoms. The quantitative estimate of drug-likeness (QED) is 0.168. The number of ketones is 1. The van der Waals surface area contributed by atoms with E-state index in [0.29, 0.717) is 30.1 Å². The van der Waals surface area contributed by atoms with Crippen LogP contribution in [0.25, 0.3) is 11.1 Å². The second-order valence-corrected chi connectivity index (χ2v) is 10.9. The van der Waals surface area contributed by atoms with E-state index >= 15 is 0 Å². The summed E-state index contributed by atoms with van der Waals surface area (Å²) in [7, 11) is 0. The molecule has 1 aliphatic heterocycles. The van der Waals surface area contributed by atoms with Crippen molar-refractivity contribution in [1.29, 1.82) is 0 Å². The van der Waals surface area contributed by atoms with Crippen LogP contribution < -0.4 is 16.0 Å². The zero-order chi connectivity index (χ0) is 28.6. The van der Waals surface area contributed by atoms with E-state index in [1.807, 2.05) is 66.7 Å². The highest BCUT2D eigenvalue weighted by Gasteiger charge is 2.32. The summed E-state index contributed by atoms with van der Waals surface area (Å²) in [6.45, 7) is 4.60. The average Bonchev–Trinajstić information content (AvgIpc) is 3.01. The number of hydrogen-bond acceptors (Lipinski definition) is 4. The molecule has 0 aromatic heterocycles. The zero-order valence-electron chi connectivity index (χ0n) is 23.8. The molecule has 1 atom stereocenters. The van der Waals surface area contributed by atoms with Crippen LogP contribution in [0.15, 0.2) is 103 Å². The van der Waals surface area contributed by atoms with Crippen molar-refractivity contribution >= 4 is 23.1 Å². The van der Waals surface area contributed by atoms with Gasteiger partial charge in [-0.05, 0) is 71.7 Å². The minimum atomic E-state index is -0.117. The van der Waals surface area contributed by atoms with Gasteiger partial charge in [0.2, 0.25) is 5.91 Å². The Bertz CT molecular complexity index is 1460. The molecule has 4 aromatic rings. The van der Waals surface area contributed by atoms with Gasteiger partial charge in [0.25, 0.3) is 0 Å². The summed E-state index contributed by atoms with van der Waals surface area (Å²) in [5.41, 5.74) is 12.5. The van der Waals surface area contributed by atoms with E-state index in [1.165, 1.54) is 0 Å². The number of Topliss-reactive ketones (excluding diaryl/α,β-unsaturated/α-hetero) is 1. The molecule has 3 N–H and O–H groups in total. The number of nitrogens with zero attached hydrogens (tertiary/aromatic N) is 1. The van der Waals surface area contributed by atoms with Crippen molar-refractivity contribution in [3.8, 4) is 11.1 Å². The number of nitrogen functional groups attached to an aromatic ring is 1. The molecule has 5 nitrogen and oxygen atoms in total. The van der Waals surface area contributed by atoms with E-state index in [-0.39, 0.29) is 17.6 Å². The minimum Gasteiger partial charge on any atom is -0.399 e. The molecule has 4 aromatic carbocycles. The Morgan fingerprint density at radius 1 is 0.878 bits per heavy atom. The Morgan fingerprint density at radius 2 is 1.59 bits per heavy atom. The third-order valence-corrected chi connectivity index (χ3v) is 8.09. The molecule has 5 rings (SSSR count). The first kappa shape index (κ1) is 28.2. The first-order valence-corrected chi connectivity index (χ1v) is 14.7. The Labute approximate surface area is 243 Å². The van der Waals surface area contributed by atoms with Crippen LogP contribution >= 0.6 is 0 Å². The summed E-state index contributed by atoms with van der Waals surface area (Å²) in [5, 5.41) is 3.13. The fraction of sp³-hybridized carbons (Fsp3) is 0.278. The number of rotatable bonds is 10. The average molecular weight is 546 g/mol. The lowest BCUT2D eigenvalue weighted by Gasteiger charge is -2.37. The van der Waals surface area contributed by atoms with Crippen LogP contribution in [0.1, 0.15) is 53.6 Å². The lowest BCUT2D eigenvalue weighted by Crippen LogP contribution is -2.40. The van der Waals surface area contributed by atoms with Gasteiger partial charge >= 0.3 is 0 Å². The van der Waals surface area contributed by atoms with Crippen LogP contribution in [-0.2, 0) is 11.2 Å². The van der Waals surface area contributed by atoms with Gasteiger partial charge in [0, 0.05) is 43.0 Å². The number of benzene rings is 4. The molecule has 1 aliphatic rings. The smallest absolute Gasteiger partial charge is 0.227 e. The highest BCUT2D eigenvalue weighted by molar-refractivity contribution is 6.03. The van der Waals surface area contributed by atoms with Gasteiger partial charge in [-0.1, -0.05) is 85.8 Å². The summed E-state index contributed by atoms with van der Waals surface area (Å²) in [6, 6.07) is 34.0. The number of carbonyl (C=O) groups excluding carboxylic acids is 2. The molecule has 0 radical (unpaired) electrons. The van der Waals surface area contributed by atoms with E-state index in [1.54, 1.807) is 0 Å². The third-order valence-electron chi connectivity index (χ3n) is 8.09. The zero-order valence-corrected chi connectivity index (χ0v) is 23.8. The van der Waals surface area contributed by atoms with Gasteiger partial charge in [-0.25, -0.2) is 0 Å². The van der Waals surface area contributed by atoms with Gasteiger partial charge in [0.15, 0.2) is 5.78 Å². The van der Waals surface area contributed by atoms with Crippen molar-refractivity contribution in [2.24, 2.45) is 5.92 Å². The summed E-state index contributed by atoms with van der Waals surface area (Å²) < 4.78 is 0. The van der Waals surface area contributed by atoms with Gasteiger partial charge in [-0.3, -0.25) is 9.59 Å². The van der Waals surface area contributed by atoms with E-state index in [9.17, 15) is 9.59 Å². The van der Waals surface area contributed by atoms with Gasteiger partial charge < -0.3 is 16.0 Å². The summed E-state index contributed by atoms with van der Waals surface area (Å²) in [6.07, 6.45) is 3.19. The maximum atomic E-state index is 13.3. The fourth-order valence-corrected chi connectivity index (χ4v) is 5.94. The van der Waals surface area contributed by atoms with Crippen LogP contribution in [0, 0.1) is 5.92 Å². The molecule has 210 valence electrons. The molecule has 1 unspecified atom stereocenters. The largest absolute Gasteiger partial charge is 0.399 e. The lowest BCUT2D eigenvalue weighted by molar-refractivity contribution is -0.124. The molecular weight excluding hydrogens is 506 g/mol. The highest BCUT2D eigenvalue weighted by Crippen LogP contribution is 2.35. The van der Waals surface area contributed by atoms with Crippen molar-refractivity contribution in [3.05, 3.63) is 120 Å². The highest BCUT2D eigenvalue weighted by atomic mass is 16.2. The van der Waals surface area contributed by atoms with Crippen LogP contribution in [0.5, 0.6) is 0 Å². The van der Waals surface area contributed by atoms with E-state index in [2.05, 4.69) is 53.5 Å². The van der Waals surface area contributed by atoms with Crippen LogP contribution in [0.4, 0.5) is 11.4 Å². The topological polar surface area (TPSA) is 75.4 Å². The number of piperidine rings is 1. The van der Waals surface area contributed by atoms with Crippen LogP contribution in [0.3, 0.4) is 0 Å².